The minimum Gasteiger partial charge on any atom is -0.497 e. The Labute approximate surface area is 140 Å². The minimum absolute atomic E-state index is 0.198. The van der Waals surface area contributed by atoms with Crippen LogP contribution in [0.15, 0.2) is 45.6 Å². The molecule has 6 nitrogen and oxygen atoms in total. The number of hydrogen-bond acceptors (Lipinski definition) is 6. The van der Waals surface area contributed by atoms with E-state index in [4.69, 9.17) is 9.15 Å². The van der Waals surface area contributed by atoms with Crippen LogP contribution in [-0.2, 0) is 0 Å². The van der Waals surface area contributed by atoms with E-state index in [1.165, 1.54) is 15.9 Å². The maximum Gasteiger partial charge on any atom is 0.291 e. The molecule has 0 N–H and O–H groups in total. The molecule has 0 fully saturated rings. The number of ether oxygens (including phenoxy) is 1. The summed E-state index contributed by atoms with van der Waals surface area (Å²) in [7, 11) is 1.61. The molecule has 3 aromatic heterocycles. The summed E-state index contributed by atoms with van der Waals surface area (Å²) in [6.07, 6.45) is 1.71. The van der Waals surface area contributed by atoms with Gasteiger partial charge in [-0.25, -0.2) is 0 Å². The number of aromatic nitrogens is 3. The largest absolute Gasteiger partial charge is 0.497 e. The molecule has 0 atom stereocenters. The van der Waals surface area contributed by atoms with Gasteiger partial charge >= 0.3 is 0 Å². The molecule has 24 heavy (non-hydrogen) atoms. The van der Waals surface area contributed by atoms with Crippen LogP contribution in [0.4, 0.5) is 0 Å². The first-order valence-electron chi connectivity index (χ1n) is 7.26. The van der Waals surface area contributed by atoms with Crippen LogP contribution < -0.4 is 14.8 Å². The van der Waals surface area contributed by atoms with Crippen LogP contribution in [-0.4, -0.2) is 21.7 Å². The number of thiazole rings is 1. The molecule has 4 rings (SSSR count). The molecule has 1 aromatic carbocycles. The Morgan fingerprint density at radius 1 is 1.21 bits per heavy atom. The lowest BCUT2D eigenvalue weighted by molar-refractivity contribution is 0.415. The van der Waals surface area contributed by atoms with Crippen molar-refractivity contribution >= 4 is 22.4 Å². The summed E-state index contributed by atoms with van der Waals surface area (Å²) in [6.45, 7) is 1.86. The standard InChI is InChI=1S/C17H13N3O3S/c1-10-3-6-13(23-10)9-14-16(21)20-17(24-14)18-15(19-20)11-4-7-12(22-2)8-5-11/h3-9H,1-2H3/b14-9-. The number of nitrogens with zero attached hydrogens (tertiary/aromatic N) is 3. The Hall–Kier alpha value is -2.93. The zero-order chi connectivity index (χ0) is 16.7. The van der Waals surface area contributed by atoms with Gasteiger partial charge < -0.3 is 9.15 Å². The molecule has 4 aromatic rings. The molecule has 0 spiro atoms. The van der Waals surface area contributed by atoms with Gasteiger partial charge in [-0.2, -0.15) is 9.50 Å². The van der Waals surface area contributed by atoms with Crippen molar-refractivity contribution in [2.75, 3.05) is 7.11 Å². The zero-order valence-corrected chi connectivity index (χ0v) is 13.8. The highest BCUT2D eigenvalue weighted by atomic mass is 32.1. The van der Waals surface area contributed by atoms with Crippen molar-refractivity contribution in [3.05, 3.63) is 62.8 Å². The van der Waals surface area contributed by atoms with Crippen LogP contribution in [0.25, 0.3) is 22.4 Å². The Morgan fingerprint density at radius 2 is 2.00 bits per heavy atom. The van der Waals surface area contributed by atoms with Crippen LogP contribution in [0.2, 0.25) is 0 Å². The van der Waals surface area contributed by atoms with E-state index in [-0.39, 0.29) is 5.56 Å². The lowest BCUT2D eigenvalue weighted by Gasteiger charge is -1.99. The molecule has 3 heterocycles. The number of aryl methyl sites for hydroxylation is 1. The van der Waals surface area contributed by atoms with Crippen molar-refractivity contribution in [1.82, 2.24) is 14.6 Å². The van der Waals surface area contributed by atoms with E-state index in [9.17, 15) is 4.79 Å². The van der Waals surface area contributed by atoms with Crippen molar-refractivity contribution < 1.29 is 9.15 Å². The van der Waals surface area contributed by atoms with E-state index < -0.39 is 0 Å². The topological polar surface area (TPSA) is 69.6 Å². The summed E-state index contributed by atoms with van der Waals surface area (Å²) in [4.78, 5) is 17.5. The second-order valence-electron chi connectivity index (χ2n) is 5.22. The van der Waals surface area contributed by atoms with Crippen molar-refractivity contribution in [2.24, 2.45) is 0 Å². The quantitative estimate of drug-likeness (QED) is 0.573. The van der Waals surface area contributed by atoms with Gasteiger partial charge in [-0.1, -0.05) is 11.3 Å². The van der Waals surface area contributed by atoms with Gasteiger partial charge in [0.1, 0.15) is 21.8 Å². The average molecular weight is 339 g/mol. The second kappa shape index (κ2) is 5.61. The van der Waals surface area contributed by atoms with E-state index in [1.54, 1.807) is 13.2 Å². The number of benzene rings is 1. The van der Waals surface area contributed by atoms with Crippen LogP contribution in [0.5, 0.6) is 5.75 Å². The zero-order valence-electron chi connectivity index (χ0n) is 13.0. The molecule has 0 aliphatic heterocycles. The molecular formula is C17H13N3O3S. The highest BCUT2D eigenvalue weighted by Gasteiger charge is 2.12. The smallest absolute Gasteiger partial charge is 0.291 e. The highest BCUT2D eigenvalue weighted by Crippen LogP contribution is 2.20. The molecule has 0 saturated heterocycles. The summed E-state index contributed by atoms with van der Waals surface area (Å²) >= 11 is 1.29. The van der Waals surface area contributed by atoms with Gasteiger partial charge in [-0.15, -0.1) is 5.10 Å². The van der Waals surface area contributed by atoms with E-state index in [0.29, 0.717) is 21.1 Å². The maximum atomic E-state index is 12.5. The monoisotopic (exact) mass is 339 g/mol. The predicted octanol–water partition coefficient (Wildman–Crippen LogP) is 2.28. The highest BCUT2D eigenvalue weighted by molar-refractivity contribution is 7.15. The number of rotatable bonds is 3. The molecule has 0 amide bonds. The fourth-order valence-electron chi connectivity index (χ4n) is 2.36. The lowest BCUT2D eigenvalue weighted by atomic mass is 10.2. The fraction of sp³-hybridized carbons (Fsp3) is 0.118. The van der Waals surface area contributed by atoms with Crippen molar-refractivity contribution in [2.45, 2.75) is 6.92 Å². The Kier molecular flexibility index (Phi) is 3.42. The number of hydrogen-bond donors (Lipinski definition) is 0. The maximum absolute atomic E-state index is 12.5. The van der Waals surface area contributed by atoms with Gasteiger partial charge in [-0.3, -0.25) is 4.79 Å². The van der Waals surface area contributed by atoms with E-state index in [1.807, 2.05) is 43.3 Å². The Morgan fingerprint density at radius 3 is 2.62 bits per heavy atom. The van der Waals surface area contributed by atoms with Crippen molar-refractivity contribution in [3.63, 3.8) is 0 Å². The molecule has 0 bridgehead atoms. The molecule has 120 valence electrons. The SMILES string of the molecule is COc1ccc(-c2nc3s/c(=C\c4ccc(C)o4)c(=O)n3n2)cc1. The molecule has 0 saturated carbocycles. The summed E-state index contributed by atoms with van der Waals surface area (Å²) in [5, 5.41) is 4.32. The first-order valence-corrected chi connectivity index (χ1v) is 8.08. The van der Waals surface area contributed by atoms with E-state index in [2.05, 4.69) is 10.1 Å². The van der Waals surface area contributed by atoms with E-state index >= 15 is 0 Å². The third-order valence-electron chi connectivity index (χ3n) is 3.56. The molecule has 0 radical (unpaired) electrons. The fourth-order valence-corrected chi connectivity index (χ4v) is 3.24. The van der Waals surface area contributed by atoms with Crippen molar-refractivity contribution in [3.8, 4) is 17.1 Å². The molecule has 7 heteroatoms. The summed E-state index contributed by atoms with van der Waals surface area (Å²) in [5.41, 5.74) is 0.634. The third-order valence-corrected chi connectivity index (χ3v) is 4.52. The van der Waals surface area contributed by atoms with Gasteiger partial charge in [-0.05, 0) is 43.3 Å². The third kappa shape index (κ3) is 2.48. The van der Waals surface area contributed by atoms with Gasteiger partial charge in [0.15, 0.2) is 5.82 Å². The minimum atomic E-state index is -0.198. The van der Waals surface area contributed by atoms with Gasteiger partial charge in [0.2, 0.25) is 4.96 Å². The average Bonchev–Trinajstić information content (AvgIpc) is 3.26. The first-order chi connectivity index (χ1) is 11.6. The first kappa shape index (κ1) is 14.6. The van der Waals surface area contributed by atoms with Crippen LogP contribution >= 0.6 is 11.3 Å². The summed E-state index contributed by atoms with van der Waals surface area (Å²) in [5.74, 6) is 2.72. The number of furan rings is 1. The Balaban J connectivity index is 1.77. The summed E-state index contributed by atoms with van der Waals surface area (Å²) in [6, 6.07) is 11.1. The number of methoxy groups -OCH3 is 1. The predicted molar refractivity (Wildman–Crippen MR) is 91.4 cm³/mol. The molecule has 0 aliphatic rings. The lowest BCUT2D eigenvalue weighted by Crippen LogP contribution is -2.23. The van der Waals surface area contributed by atoms with Gasteiger partial charge in [0.25, 0.3) is 5.56 Å². The second-order valence-corrected chi connectivity index (χ2v) is 6.23. The normalized spacial score (nSPS) is 12.2. The van der Waals surface area contributed by atoms with Crippen LogP contribution in [0.1, 0.15) is 11.5 Å². The summed E-state index contributed by atoms with van der Waals surface area (Å²) < 4.78 is 12.5. The van der Waals surface area contributed by atoms with E-state index in [0.717, 1.165) is 17.1 Å². The van der Waals surface area contributed by atoms with Gasteiger partial charge in [0, 0.05) is 11.6 Å². The molecule has 0 aliphatic carbocycles. The number of fused-ring (bicyclic) bond motifs is 1. The molecular weight excluding hydrogens is 326 g/mol. The van der Waals surface area contributed by atoms with Crippen molar-refractivity contribution in [1.29, 1.82) is 0 Å². The van der Waals surface area contributed by atoms with Gasteiger partial charge in [0.05, 0.1) is 7.11 Å². The van der Waals surface area contributed by atoms with Crippen LogP contribution in [0, 0.1) is 6.92 Å². The Bertz CT molecular complexity index is 1120. The van der Waals surface area contributed by atoms with Crippen LogP contribution in [0.3, 0.4) is 0 Å². The molecule has 0 unspecified atom stereocenters.